The molecule has 7 nitrogen and oxygen atoms in total. The first kappa shape index (κ1) is 17.4. The van der Waals surface area contributed by atoms with Gasteiger partial charge in [0, 0.05) is 6.42 Å². The molecular weight excluding hydrogens is 336 g/mol. The molecule has 9 heteroatoms. The molecule has 1 heterocycles. The highest BCUT2D eigenvalue weighted by molar-refractivity contribution is 7.94. The molecule has 1 amide bonds. The average molecular weight is 354 g/mol. The number of anilines is 2. The minimum absolute atomic E-state index is 0.161. The van der Waals surface area contributed by atoms with Gasteiger partial charge in [-0.2, -0.15) is 8.42 Å². The molecule has 1 aromatic carbocycles. The van der Waals surface area contributed by atoms with Crippen molar-refractivity contribution >= 4 is 38.1 Å². The van der Waals surface area contributed by atoms with Crippen molar-refractivity contribution in [2.75, 3.05) is 10.0 Å². The van der Waals surface area contributed by atoms with Crippen molar-refractivity contribution in [3.63, 3.8) is 0 Å². The third-order valence-corrected chi connectivity index (χ3v) is 5.60. The van der Waals surface area contributed by atoms with Gasteiger partial charge in [-0.1, -0.05) is 50.3 Å². The van der Waals surface area contributed by atoms with Gasteiger partial charge in [0.2, 0.25) is 11.0 Å². The van der Waals surface area contributed by atoms with Gasteiger partial charge in [-0.15, -0.1) is 10.2 Å². The van der Waals surface area contributed by atoms with Crippen LogP contribution in [0, 0.1) is 0 Å². The summed E-state index contributed by atoms with van der Waals surface area (Å²) in [7, 11) is -3.85. The summed E-state index contributed by atoms with van der Waals surface area (Å²) in [6.07, 6.45) is 0.279. The first-order chi connectivity index (χ1) is 10.8. The van der Waals surface area contributed by atoms with E-state index < -0.39 is 10.0 Å². The van der Waals surface area contributed by atoms with Crippen LogP contribution in [-0.2, 0) is 14.8 Å². The molecule has 0 bridgehead atoms. The van der Waals surface area contributed by atoms with E-state index in [4.69, 9.17) is 0 Å². The van der Waals surface area contributed by atoms with Gasteiger partial charge in [0.1, 0.15) is 0 Å². The van der Waals surface area contributed by atoms with Crippen LogP contribution in [0.2, 0.25) is 0 Å². The third kappa shape index (κ3) is 4.26. The van der Waals surface area contributed by atoms with Gasteiger partial charge in [-0.05, 0) is 17.5 Å². The van der Waals surface area contributed by atoms with Crippen molar-refractivity contribution < 1.29 is 13.2 Å². The standard InChI is InChI=1S/C14H18N4O3S2/c1-4-12(19)15-13-16-17-14(22-13)23(20,21)18-11-8-6-5-7-10(11)9(2)3/h5-9,18H,4H2,1-3H3,(H,15,16,19). The number of carbonyl (C=O) groups is 1. The summed E-state index contributed by atoms with van der Waals surface area (Å²) in [5.41, 5.74) is 1.40. The fourth-order valence-electron chi connectivity index (χ4n) is 1.86. The molecule has 0 aliphatic rings. The SMILES string of the molecule is CCC(=O)Nc1nnc(S(=O)(=O)Nc2ccccc2C(C)C)s1. The first-order valence-corrected chi connectivity index (χ1v) is 9.38. The van der Waals surface area contributed by atoms with E-state index in [1.165, 1.54) is 0 Å². The van der Waals surface area contributed by atoms with Gasteiger partial charge >= 0.3 is 0 Å². The van der Waals surface area contributed by atoms with Gasteiger partial charge in [0.05, 0.1) is 5.69 Å². The molecular formula is C14H18N4O3S2. The van der Waals surface area contributed by atoms with E-state index >= 15 is 0 Å². The molecule has 0 spiro atoms. The van der Waals surface area contributed by atoms with E-state index in [-0.39, 0.29) is 27.7 Å². The van der Waals surface area contributed by atoms with E-state index in [0.717, 1.165) is 16.9 Å². The minimum Gasteiger partial charge on any atom is -0.301 e. The Morgan fingerprint density at radius 3 is 2.61 bits per heavy atom. The van der Waals surface area contributed by atoms with Crippen LogP contribution in [0.1, 0.15) is 38.7 Å². The van der Waals surface area contributed by atoms with Crippen LogP contribution in [0.4, 0.5) is 10.8 Å². The second-order valence-electron chi connectivity index (χ2n) is 5.12. The lowest BCUT2D eigenvalue weighted by Gasteiger charge is -2.13. The summed E-state index contributed by atoms with van der Waals surface area (Å²) < 4.78 is 27.2. The molecule has 2 rings (SSSR count). The monoisotopic (exact) mass is 354 g/mol. The zero-order valence-electron chi connectivity index (χ0n) is 13.0. The summed E-state index contributed by atoms with van der Waals surface area (Å²) in [6.45, 7) is 5.66. The quantitative estimate of drug-likeness (QED) is 0.777. The van der Waals surface area contributed by atoms with E-state index in [2.05, 4.69) is 20.2 Å². The Morgan fingerprint density at radius 1 is 1.26 bits per heavy atom. The average Bonchev–Trinajstić information content (AvgIpc) is 2.96. The van der Waals surface area contributed by atoms with Crippen molar-refractivity contribution in [2.24, 2.45) is 0 Å². The number of carbonyl (C=O) groups excluding carboxylic acids is 1. The van der Waals surface area contributed by atoms with E-state index in [9.17, 15) is 13.2 Å². The number of nitrogens with zero attached hydrogens (tertiary/aromatic N) is 2. The van der Waals surface area contributed by atoms with Crippen LogP contribution in [0.5, 0.6) is 0 Å². The van der Waals surface area contributed by atoms with E-state index in [1.54, 1.807) is 19.1 Å². The lowest BCUT2D eigenvalue weighted by Crippen LogP contribution is -2.14. The maximum absolute atomic E-state index is 12.4. The molecule has 0 aliphatic heterocycles. The highest BCUT2D eigenvalue weighted by Crippen LogP contribution is 2.27. The van der Waals surface area contributed by atoms with Gasteiger partial charge in [0.25, 0.3) is 14.4 Å². The molecule has 0 radical (unpaired) electrons. The second kappa shape index (κ2) is 7.05. The smallest absolute Gasteiger partial charge is 0.291 e. The van der Waals surface area contributed by atoms with Gasteiger partial charge in [0.15, 0.2) is 0 Å². The van der Waals surface area contributed by atoms with Gasteiger partial charge < -0.3 is 5.32 Å². The Hall–Kier alpha value is -2.00. The maximum atomic E-state index is 12.4. The van der Waals surface area contributed by atoms with Crippen LogP contribution in [-0.4, -0.2) is 24.5 Å². The number of sulfonamides is 1. The van der Waals surface area contributed by atoms with Crippen molar-refractivity contribution in [1.82, 2.24) is 10.2 Å². The fourth-order valence-corrected chi connectivity index (χ4v) is 3.86. The zero-order chi connectivity index (χ0) is 17.0. The third-order valence-electron chi connectivity index (χ3n) is 3.03. The summed E-state index contributed by atoms with van der Waals surface area (Å²) >= 11 is 0.812. The lowest BCUT2D eigenvalue weighted by molar-refractivity contribution is -0.115. The normalized spacial score (nSPS) is 11.5. The Morgan fingerprint density at radius 2 is 1.96 bits per heavy atom. The van der Waals surface area contributed by atoms with Crippen molar-refractivity contribution in [1.29, 1.82) is 0 Å². The molecule has 0 aliphatic carbocycles. The Balaban J connectivity index is 2.25. The molecule has 0 saturated carbocycles. The molecule has 2 aromatic rings. The molecule has 2 N–H and O–H groups in total. The number of aromatic nitrogens is 2. The zero-order valence-corrected chi connectivity index (χ0v) is 14.7. The molecule has 0 unspecified atom stereocenters. The number of amides is 1. The minimum atomic E-state index is -3.85. The molecule has 1 aromatic heterocycles. The number of nitrogens with one attached hydrogen (secondary N) is 2. The number of hydrogen-bond donors (Lipinski definition) is 2. The van der Waals surface area contributed by atoms with E-state index in [1.807, 2.05) is 26.0 Å². The second-order valence-corrected chi connectivity index (χ2v) is 7.96. The van der Waals surface area contributed by atoms with Crippen LogP contribution >= 0.6 is 11.3 Å². The molecule has 0 saturated heterocycles. The lowest BCUT2D eigenvalue weighted by atomic mass is 10.0. The van der Waals surface area contributed by atoms with Crippen molar-refractivity contribution in [3.05, 3.63) is 29.8 Å². The number of rotatable bonds is 6. The molecule has 0 fully saturated rings. The van der Waals surface area contributed by atoms with Crippen LogP contribution in [0.25, 0.3) is 0 Å². The maximum Gasteiger partial charge on any atom is 0.291 e. The summed E-state index contributed by atoms with van der Waals surface area (Å²) in [5.74, 6) is -0.0778. The summed E-state index contributed by atoms with van der Waals surface area (Å²) in [4.78, 5) is 11.3. The highest BCUT2D eigenvalue weighted by Gasteiger charge is 2.22. The van der Waals surface area contributed by atoms with E-state index in [0.29, 0.717) is 5.69 Å². The predicted molar refractivity (Wildman–Crippen MR) is 90.2 cm³/mol. The Kier molecular flexibility index (Phi) is 5.32. The van der Waals surface area contributed by atoms with Gasteiger partial charge in [-0.3, -0.25) is 9.52 Å². The topological polar surface area (TPSA) is 101 Å². The Bertz CT molecular complexity index is 800. The van der Waals surface area contributed by atoms with Crippen LogP contribution in [0.15, 0.2) is 28.6 Å². The summed E-state index contributed by atoms with van der Waals surface area (Å²) in [6, 6.07) is 7.19. The predicted octanol–water partition coefficient (Wildman–Crippen LogP) is 2.81. The Labute approximate surface area is 139 Å². The molecule has 124 valence electrons. The highest BCUT2D eigenvalue weighted by atomic mass is 32.2. The number of hydrogen-bond acceptors (Lipinski definition) is 6. The van der Waals surface area contributed by atoms with Gasteiger partial charge in [-0.25, -0.2) is 0 Å². The van der Waals surface area contributed by atoms with Crippen LogP contribution < -0.4 is 10.0 Å². The fraction of sp³-hybridized carbons (Fsp3) is 0.357. The summed E-state index contributed by atoms with van der Waals surface area (Å²) in [5, 5.41) is 9.99. The van der Waals surface area contributed by atoms with Crippen molar-refractivity contribution in [3.8, 4) is 0 Å². The largest absolute Gasteiger partial charge is 0.301 e. The van der Waals surface area contributed by atoms with Crippen molar-refractivity contribution in [2.45, 2.75) is 37.4 Å². The molecule has 0 atom stereocenters. The molecule has 23 heavy (non-hydrogen) atoms. The van der Waals surface area contributed by atoms with Crippen LogP contribution in [0.3, 0.4) is 0 Å². The number of benzene rings is 1. The number of para-hydroxylation sites is 1. The first-order valence-electron chi connectivity index (χ1n) is 7.08.